The number of aromatic nitrogens is 2. The molecular formula is C7H9ClN2S. The molecule has 1 aromatic heterocycles. The van der Waals surface area contributed by atoms with E-state index in [0.717, 1.165) is 10.9 Å². The van der Waals surface area contributed by atoms with Gasteiger partial charge in [0.05, 0.1) is 5.88 Å². The second-order valence-corrected chi connectivity index (χ2v) is 4.35. The molecule has 1 aromatic rings. The van der Waals surface area contributed by atoms with Crippen LogP contribution in [0.4, 0.5) is 0 Å². The molecule has 0 amide bonds. The van der Waals surface area contributed by atoms with Gasteiger partial charge in [0.25, 0.3) is 0 Å². The summed E-state index contributed by atoms with van der Waals surface area (Å²) in [5, 5.41) is 10.2. The maximum Gasteiger partial charge on any atom is 0.132 e. The van der Waals surface area contributed by atoms with Crippen LogP contribution in [0.25, 0.3) is 0 Å². The molecular weight excluding hydrogens is 180 g/mol. The smallest absolute Gasteiger partial charge is 0.132 e. The summed E-state index contributed by atoms with van der Waals surface area (Å²) in [4.78, 5) is 0. The Bertz CT molecular complexity index is 261. The first-order valence-electron chi connectivity index (χ1n) is 3.69. The van der Waals surface area contributed by atoms with Crippen molar-refractivity contribution < 1.29 is 0 Å². The van der Waals surface area contributed by atoms with Gasteiger partial charge in [0.1, 0.15) is 10.0 Å². The van der Waals surface area contributed by atoms with Crippen LogP contribution in [0.1, 0.15) is 29.3 Å². The highest BCUT2D eigenvalue weighted by molar-refractivity contribution is 7.11. The minimum Gasteiger partial charge on any atom is -0.143 e. The molecule has 1 fully saturated rings. The maximum atomic E-state index is 5.61. The summed E-state index contributed by atoms with van der Waals surface area (Å²) in [6.45, 7) is 2.24. The van der Waals surface area contributed by atoms with Crippen molar-refractivity contribution in [2.75, 3.05) is 0 Å². The Hall–Kier alpha value is -0.150. The fourth-order valence-corrected chi connectivity index (χ4v) is 2.29. The first kappa shape index (κ1) is 7.50. The summed E-state index contributed by atoms with van der Waals surface area (Å²) in [5.74, 6) is 1.99. The lowest BCUT2D eigenvalue weighted by molar-refractivity contribution is 0.876. The summed E-state index contributed by atoms with van der Waals surface area (Å²) in [6, 6.07) is 0. The van der Waals surface area contributed by atoms with Gasteiger partial charge in [-0.05, 0) is 12.3 Å². The molecule has 0 radical (unpaired) electrons. The van der Waals surface area contributed by atoms with E-state index in [4.69, 9.17) is 11.6 Å². The quantitative estimate of drug-likeness (QED) is 0.667. The highest BCUT2D eigenvalue weighted by Crippen LogP contribution is 2.47. The molecule has 2 unspecified atom stereocenters. The Kier molecular flexibility index (Phi) is 1.85. The topological polar surface area (TPSA) is 25.8 Å². The molecule has 11 heavy (non-hydrogen) atoms. The minimum absolute atomic E-state index is 0.499. The molecule has 2 nitrogen and oxygen atoms in total. The van der Waals surface area contributed by atoms with Gasteiger partial charge in [-0.25, -0.2) is 0 Å². The van der Waals surface area contributed by atoms with Gasteiger partial charge in [0.2, 0.25) is 0 Å². The van der Waals surface area contributed by atoms with Crippen LogP contribution in [0, 0.1) is 5.92 Å². The van der Waals surface area contributed by atoms with Crippen LogP contribution in [0.3, 0.4) is 0 Å². The van der Waals surface area contributed by atoms with Crippen LogP contribution in [-0.2, 0) is 5.88 Å². The van der Waals surface area contributed by atoms with E-state index in [0.29, 0.717) is 11.8 Å². The largest absolute Gasteiger partial charge is 0.143 e. The zero-order chi connectivity index (χ0) is 7.84. The van der Waals surface area contributed by atoms with Crippen molar-refractivity contribution in [3.8, 4) is 0 Å². The van der Waals surface area contributed by atoms with Gasteiger partial charge in [-0.2, -0.15) is 0 Å². The fraction of sp³-hybridized carbons (Fsp3) is 0.714. The van der Waals surface area contributed by atoms with Crippen LogP contribution >= 0.6 is 22.9 Å². The van der Waals surface area contributed by atoms with Crippen molar-refractivity contribution in [2.24, 2.45) is 5.92 Å². The zero-order valence-electron chi connectivity index (χ0n) is 6.25. The molecule has 60 valence electrons. The molecule has 1 aliphatic rings. The van der Waals surface area contributed by atoms with Crippen LogP contribution in [0.2, 0.25) is 0 Å². The van der Waals surface area contributed by atoms with Gasteiger partial charge in [-0.1, -0.05) is 18.3 Å². The third-order valence-electron chi connectivity index (χ3n) is 2.02. The summed E-state index contributed by atoms with van der Waals surface area (Å²) in [6.07, 6.45) is 1.27. The van der Waals surface area contributed by atoms with Crippen LogP contribution in [0.15, 0.2) is 0 Å². The summed E-state index contributed by atoms with van der Waals surface area (Å²) >= 11 is 7.26. The second kappa shape index (κ2) is 2.72. The molecule has 4 heteroatoms. The van der Waals surface area contributed by atoms with Crippen molar-refractivity contribution in [3.05, 3.63) is 10.0 Å². The maximum absolute atomic E-state index is 5.61. The van der Waals surface area contributed by atoms with E-state index in [1.165, 1.54) is 11.4 Å². The fourth-order valence-electron chi connectivity index (χ4n) is 1.14. The molecule has 2 rings (SSSR count). The Morgan fingerprint density at radius 3 is 2.82 bits per heavy atom. The van der Waals surface area contributed by atoms with Crippen LogP contribution in [-0.4, -0.2) is 10.2 Å². The van der Waals surface area contributed by atoms with Crippen LogP contribution < -0.4 is 0 Å². The second-order valence-electron chi connectivity index (χ2n) is 2.99. The predicted molar refractivity (Wildman–Crippen MR) is 46.0 cm³/mol. The highest BCUT2D eigenvalue weighted by Gasteiger charge is 2.36. The van der Waals surface area contributed by atoms with Crippen molar-refractivity contribution in [1.82, 2.24) is 10.2 Å². The van der Waals surface area contributed by atoms with E-state index >= 15 is 0 Å². The van der Waals surface area contributed by atoms with E-state index in [1.54, 1.807) is 11.3 Å². The molecule has 1 heterocycles. The predicted octanol–water partition coefficient (Wildman–Crippen LogP) is 2.40. The summed E-state index contributed by atoms with van der Waals surface area (Å²) < 4.78 is 0. The average Bonchev–Trinajstić information content (AvgIpc) is 2.59. The summed E-state index contributed by atoms with van der Waals surface area (Å²) in [5.41, 5.74) is 0. The number of nitrogens with zero attached hydrogens (tertiary/aromatic N) is 2. The molecule has 0 spiro atoms. The Morgan fingerprint density at radius 1 is 1.64 bits per heavy atom. The number of alkyl halides is 1. The SMILES string of the molecule is CC1CC1c1nnc(CCl)s1. The molecule has 1 saturated carbocycles. The number of rotatable bonds is 2. The number of halogens is 1. The normalized spacial score (nSPS) is 28.9. The number of hydrogen-bond donors (Lipinski definition) is 0. The third kappa shape index (κ3) is 1.40. The van der Waals surface area contributed by atoms with Gasteiger partial charge >= 0.3 is 0 Å². The Morgan fingerprint density at radius 2 is 2.36 bits per heavy atom. The van der Waals surface area contributed by atoms with E-state index in [2.05, 4.69) is 17.1 Å². The van der Waals surface area contributed by atoms with Crippen molar-refractivity contribution in [1.29, 1.82) is 0 Å². The van der Waals surface area contributed by atoms with Gasteiger partial charge < -0.3 is 0 Å². The average molecular weight is 189 g/mol. The standard InChI is InChI=1S/C7H9ClN2S/c1-4-2-5(4)7-10-9-6(3-8)11-7/h4-5H,2-3H2,1H3. The van der Waals surface area contributed by atoms with Gasteiger partial charge in [-0.15, -0.1) is 21.8 Å². The Labute approximate surface area is 74.6 Å². The van der Waals surface area contributed by atoms with E-state index in [-0.39, 0.29) is 0 Å². The lowest BCUT2D eigenvalue weighted by atomic mass is 10.4. The first-order valence-corrected chi connectivity index (χ1v) is 5.04. The molecule has 1 aliphatic carbocycles. The summed E-state index contributed by atoms with van der Waals surface area (Å²) in [7, 11) is 0. The molecule has 0 saturated heterocycles. The third-order valence-corrected chi connectivity index (χ3v) is 3.49. The molecule has 2 atom stereocenters. The lowest BCUT2D eigenvalue weighted by Gasteiger charge is -1.83. The van der Waals surface area contributed by atoms with Crippen molar-refractivity contribution in [3.63, 3.8) is 0 Å². The molecule has 0 aliphatic heterocycles. The van der Waals surface area contributed by atoms with Crippen molar-refractivity contribution >= 4 is 22.9 Å². The molecule has 0 N–H and O–H groups in total. The van der Waals surface area contributed by atoms with Gasteiger partial charge in [-0.3, -0.25) is 0 Å². The molecule has 0 bridgehead atoms. The van der Waals surface area contributed by atoms with Gasteiger partial charge in [0.15, 0.2) is 0 Å². The van der Waals surface area contributed by atoms with Gasteiger partial charge in [0, 0.05) is 5.92 Å². The van der Waals surface area contributed by atoms with Crippen molar-refractivity contribution in [2.45, 2.75) is 25.1 Å². The monoisotopic (exact) mass is 188 g/mol. The minimum atomic E-state index is 0.499. The van der Waals surface area contributed by atoms with E-state index in [9.17, 15) is 0 Å². The van der Waals surface area contributed by atoms with Crippen LogP contribution in [0.5, 0.6) is 0 Å². The Balaban J connectivity index is 2.13. The lowest BCUT2D eigenvalue weighted by Crippen LogP contribution is -1.78. The number of hydrogen-bond acceptors (Lipinski definition) is 3. The van der Waals surface area contributed by atoms with E-state index in [1.807, 2.05) is 0 Å². The first-order chi connectivity index (χ1) is 5.31. The van der Waals surface area contributed by atoms with E-state index < -0.39 is 0 Å². The molecule has 0 aromatic carbocycles. The zero-order valence-corrected chi connectivity index (χ0v) is 7.82. The highest BCUT2D eigenvalue weighted by atomic mass is 35.5.